The number of hydrogen-bond donors (Lipinski definition) is 2. The van der Waals surface area contributed by atoms with Gasteiger partial charge in [0.15, 0.2) is 0 Å². The second-order valence-corrected chi connectivity index (χ2v) is 4.23. The van der Waals surface area contributed by atoms with Gasteiger partial charge in [0.05, 0.1) is 0 Å². The Bertz CT molecular complexity index is 333. The van der Waals surface area contributed by atoms with Crippen molar-refractivity contribution in [3.8, 4) is 0 Å². The number of nitrogen functional groups attached to an aromatic ring is 1. The van der Waals surface area contributed by atoms with Crippen molar-refractivity contribution in [1.82, 2.24) is 0 Å². The zero-order valence-corrected chi connectivity index (χ0v) is 8.88. The van der Waals surface area contributed by atoms with Gasteiger partial charge in [-0.15, -0.1) is 0 Å². The average molecular weight is 190 g/mol. The minimum absolute atomic E-state index is 0.683. The van der Waals surface area contributed by atoms with Crippen LogP contribution in [0.4, 0.5) is 11.4 Å². The van der Waals surface area contributed by atoms with Gasteiger partial charge < -0.3 is 11.1 Å². The molecule has 0 aliphatic heterocycles. The van der Waals surface area contributed by atoms with E-state index in [9.17, 15) is 0 Å². The molecule has 14 heavy (non-hydrogen) atoms. The van der Waals surface area contributed by atoms with Crippen molar-refractivity contribution >= 4 is 11.4 Å². The number of hydrogen-bond acceptors (Lipinski definition) is 2. The van der Waals surface area contributed by atoms with Crippen molar-refractivity contribution in [3.05, 3.63) is 23.8 Å². The van der Waals surface area contributed by atoms with Crippen LogP contribution >= 0.6 is 0 Å². The summed E-state index contributed by atoms with van der Waals surface area (Å²) in [5, 5.41) is 3.50. The first-order valence-corrected chi connectivity index (χ1v) is 5.33. The standard InChI is InChI=1S/C12H18N2/c1-3-9-6-12(9)14-10-5-4-8(2)11(13)7-10/h4-5,7,9,12,14H,3,6,13H2,1-2H3. The maximum absolute atomic E-state index is 5.84. The summed E-state index contributed by atoms with van der Waals surface area (Å²) < 4.78 is 0. The molecule has 1 fully saturated rings. The normalized spacial score (nSPS) is 24.7. The third kappa shape index (κ3) is 1.84. The second-order valence-electron chi connectivity index (χ2n) is 4.23. The molecule has 1 aliphatic rings. The van der Waals surface area contributed by atoms with E-state index < -0.39 is 0 Å². The molecule has 1 aromatic carbocycles. The van der Waals surface area contributed by atoms with Crippen LogP contribution in [0.1, 0.15) is 25.3 Å². The minimum Gasteiger partial charge on any atom is -0.398 e. The lowest BCUT2D eigenvalue weighted by molar-refractivity contribution is 0.775. The number of nitrogens with one attached hydrogen (secondary N) is 1. The van der Waals surface area contributed by atoms with E-state index in [0.29, 0.717) is 6.04 Å². The largest absolute Gasteiger partial charge is 0.398 e. The Morgan fingerprint density at radius 3 is 2.86 bits per heavy atom. The topological polar surface area (TPSA) is 38.0 Å². The number of nitrogens with two attached hydrogens (primary N) is 1. The van der Waals surface area contributed by atoms with Crippen LogP contribution in [0.3, 0.4) is 0 Å². The molecular weight excluding hydrogens is 172 g/mol. The van der Waals surface area contributed by atoms with E-state index in [2.05, 4.69) is 24.4 Å². The smallest absolute Gasteiger partial charge is 0.0364 e. The lowest BCUT2D eigenvalue weighted by Gasteiger charge is -2.07. The van der Waals surface area contributed by atoms with Gasteiger partial charge >= 0.3 is 0 Å². The molecule has 3 N–H and O–H groups in total. The Balaban J connectivity index is 2.00. The molecule has 0 heterocycles. The molecule has 0 bridgehead atoms. The molecule has 0 radical (unpaired) electrons. The molecule has 2 nitrogen and oxygen atoms in total. The molecule has 0 saturated heterocycles. The van der Waals surface area contributed by atoms with Gasteiger partial charge in [0.2, 0.25) is 0 Å². The van der Waals surface area contributed by atoms with Crippen LogP contribution < -0.4 is 11.1 Å². The first kappa shape index (κ1) is 9.38. The first-order valence-electron chi connectivity index (χ1n) is 5.33. The fourth-order valence-corrected chi connectivity index (χ4v) is 1.82. The Labute approximate surface area is 85.5 Å². The van der Waals surface area contributed by atoms with Crippen LogP contribution in [0.15, 0.2) is 18.2 Å². The highest BCUT2D eigenvalue weighted by molar-refractivity contribution is 5.59. The zero-order chi connectivity index (χ0) is 10.1. The van der Waals surface area contributed by atoms with E-state index >= 15 is 0 Å². The molecule has 2 rings (SSSR count). The van der Waals surface area contributed by atoms with Crippen molar-refractivity contribution in [2.75, 3.05) is 11.1 Å². The molecule has 1 saturated carbocycles. The molecule has 0 aromatic heterocycles. The molecule has 2 atom stereocenters. The fraction of sp³-hybridized carbons (Fsp3) is 0.500. The van der Waals surface area contributed by atoms with Gasteiger partial charge in [0.1, 0.15) is 0 Å². The summed E-state index contributed by atoms with van der Waals surface area (Å²) in [5.74, 6) is 0.873. The highest BCUT2D eigenvalue weighted by Crippen LogP contribution is 2.36. The molecule has 1 aromatic rings. The van der Waals surface area contributed by atoms with E-state index in [0.717, 1.165) is 22.9 Å². The zero-order valence-electron chi connectivity index (χ0n) is 8.88. The van der Waals surface area contributed by atoms with Crippen molar-refractivity contribution in [2.45, 2.75) is 32.7 Å². The summed E-state index contributed by atoms with van der Waals surface area (Å²) in [6, 6.07) is 6.89. The quantitative estimate of drug-likeness (QED) is 0.719. The lowest BCUT2D eigenvalue weighted by atomic mass is 10.2. The lowest BCUT2D eigenvalue weighted by Crippen LogP contribution is -2.04. The van der Waals surface area contributed by atoms with Crippen molar-refractivity contribution < 1.29 is 0 Å². The number of aryl methyl sites for hydroxylation is 1. The first-order chi connectivity index (χ1) is 6.70. The molecular formula is C12H18N2. The summed E-state index contributed by atoms with van der Waals surface area (Å²) in [6.45, 7) is 4.28. The van der Waals surface area contributed by atoms with E-state index in [1.165, 1.54) is 12.8 Å². The van der Waals surface area contributed by atoms with Gasteiger partial charge in [-0.1, -0.05) is 19.4 Å². The number of rotatable bonds is 3. The summed E-state index contributed by atoms with van der Waals surface area (Å²) in [6.07, 6.45) is 2.59. The van der Waals surface area contributed by atoms with E-state index in [1.54, 1.807) is 0 Å². The Kier molecular flexibility index (Phi) is 2.36. The predicted octanol–water partition coefficient (Wildman–Crippen LogP) is 2.79. The van der Waals surface area contributed by atoms with Gasteiger partial charge in [0.25, 0.3) is 0 Å². The van der Waals surface area contributed by atoms with Crippen LogP contribution in [0.25, 0.3) is 0 Å². The predicted molar refractivity (Wildman–Crippen MR) is 61.4 cm³/mol. The van der Waals surface area contributed by atoms with E-state index in [-0.39, 0.29) is 0 Å². The Morgan fingerprint density at radius 1 is 1.50 bits per heavy atom. The maximum Gasteiger partial charge on any atom is 0.0364 e. The highest BCUT2D eigenvalue weighted by atomic mass is 15.0. The van der Waals surface area contributed by atoms with E-state index in [4.69, 9.17) is 5.73 Å². The summed E-state index contributed by atoms with van der Waals surface area (Å²) in [7, 11) is 0. The second kappa shape index (κ2) is 3.52. The SMILES string of the molecule is CCC1CC1Nc1ccc(C)c(N)c1. The summed E-state index contributed by atoms with van der Waals surface area (Å²) in [5.41, 5.74) is 9.03. The van der Waals surface area contributed by atoms with Crippen molar-refractivity contribution in [3.63, 3.8) is 0 Å². The summed E-state index contributed by atoms with van der Waals surface area (Å²) >= 11 is 0. The molecule has 2 heteroatoms. The van der Waals surface area contributed by atoms with Gasteiger partial charge in [-0.2, -0.15) is 0 Å². The molecule has 2 unspecified atom stereocenters. The highest BCUT2D eigenvalue weighted by Gasteiger charge is 2.34. The van der Waals surface area contributed by atoms with E-state index in [1.807, 2.05) is 13.0 Å². The van der Waals surface area contributed by atoms with Crippen LogP contribution in [-0.2, 0) is 0 Å². The third-order valence-corrected chi connectivity index (χ3v) is 3.08. The Hall–Kier alpha value is -1.18. The van der Waals surface area contributed by atoms with Gasteiger partial charge in [-0.3, -0.25) is 0 Å². The Morgan fingerprint density at radius 2 is 2.29 bits per heavy atom. The van der Waals surface area contributed by atoms with Crippen LogP contribution in [0, 0.1) is 12.8 Å². The molecule has 76 valence electrons. The van der Waals surface area contributed by atoms with Crippen LogP contribution in [0.5, 0.6) is 0 Å². The van der Waals surface area contributed by atoms with Gasteiger partial charge in [0, 0.05) is 17.4 Å². The van der Waals surface area contributed by atoms with Crippen molar-refractivity contribution in [2.24, 2.45) is 5.92 Å². The summed E-state index contributed by atoms with van der Waals surface area (Å²) in [4.78, 5) is 0. The van der Waals surface area contributed by atoms with Gasteiger partial charge in [-0.25, -0.2) is 0 Å². The number of anilines is 2. The third-order valence-electron chi connectivity index (χ3n) is 3.08. The minimum atomic E-state index is 0.683. The van der Waals surface area contributed by atoms with Gasteiger partial charge in [-0.05, 0) is 37.0 Å². The van der Waals surface area contributed by atoms with Crippen LogP contribution in [0.2, 0.25) is 0 Å². The maximum atomic E-state index is 5.84. The average Bonchev–Trinajstić information content (AvgIpc) is 2.90. The van der Waals surface area contributed by atoms with Crippen molar-refractivity contribution in [1.29, 1.82) is 0 Å². The fourth-order valence-electron chi connectivity index (χ4n) is 1.82. The monoisotopic (exact) mass is 190 g/mol. The molecule has 0 amide bonds. The van der Waals surface area contributed by atoms with Crippen LogP contribution in [-0.4, -0.2) is 6.04 Å². The number of benzene rings is 1. The molecule has 0 spiro atoms. The molecule has 1 aliphatic carbocycles.